The molecule has 0 amide bonds. The van der Waals surface area contributed by atoms with Gasteiger partial charge in [-0.2, -0.15) is 0 Å². The van der Waals surface area contributed by atoms with Crippen LogP contribution in [0.5, 0.6) is 5.75 Å². The van der Waals surface area contributed by atoms with Gasteiger partial charge in [0.2, 0.25) is 0 Å². The van der Waals surface area contributed by atoms with Crippen molar-refractivity contribution in [1.29, 1.82) is 0 Å². The van der Waals surface area contributed by atoms with E-state index >= 15 is 0 Å². The summed E-state index contributed by atoms with van der Waals surface area (Å²) in [5.41, 5.74) is 2.72. The van der Waals surface area contributed by atoms with Crippen LogP contribution in [0.4, 0.5) is 10.1 Å². The van der Waals surface area contributed by atoms with Crippen molar-refractivity contribution in [3.63, 3.8) is 0 Å². The highest BCUT2D eigenvalue weighted by Crippen LogP contribution is 2.18. The lowest BCUT2D eigenvalue weighted by Gasteiger charge is -2.09. The molecule has 0 aromatic heterocycles. The zero-order valence-electron chi connectivity index (χ0n) is 11.2. The second-order valence-electron chi connectivity index (χ2n) is 4.40. The first-order valence-electron chi connectivity index (χ1n) is 6.41. The van der Waals surface area contributed by atoms with Crippen LogP contribution in [0.25, 0.3) is 0 Å². The van der Waals surface area contributed by atoms with Crippen LogP contribution in [0.3, 0.4) is 0 Å². The zero-order valence-corrected chi connectivity index (χ0v) is 11.2. The second kappa shape index (κ2) is 6.23. The maximum atomic E-state index is 13.2. The number of aryl methyl sites for hydroxylation is 1. The van der Waals surface area contributed by atoms with Crippen molar-refractivity contribution >= 4 is 5.69 Å². The lowest BCUT2D eigenvalue weighted by Crippen LogP contribution is -2.01. The lowest BCUT2D eigenvalue weighted by atomic mass is 10.1. The maximum absolute atomic E-state index is 13.2. The van der Waals surface area contributed by atoms with E-state index in [1.165, 1.54) is 6.07 Å². The van der Waals surface area contributed by atoms with Gasteiger partial charge in [-0.1, -0.05) is 18.2 Å². The van der Waals surface area contributed by atoms with Gasteiger partial charge in [0.1, 0.15) is 11.6 Å². The summed E-state index contributed by atoms with van der Waals surface area (Å²) in [5.74, 6) is 0.685. The summed E-state index contributed by atoms with van der Waals surface area (Å²) >= 11 is 0. The molecule has 100 valence electrons. The first kappa shape index (κ1) is 13.4. The minimum absolute atomic E-state index is 0.165. The molecular weight excluding hydrogens is 241 g/mol. The largest absolute Gasteiger partial charge is 0.494 e. The van der Waals surface area contributed by atoms with E-state index in [1.807, 2.05) is 37.3 Å². The minimum Gasteiger partial charge on any atom is -0.494 e. The average Bonchev–Trinajstić information content (AvgIpc) is 2.41. The quantitative estimate of drug-likeness (QED) is 0.871. The van der Waals surface area contributed by atoms with E-state index in [2.05, 4.69) is 5.32 Å². The summed E-state index contributed by atoms with van der Waals surface area (Å²) in [4.78, 5) is 0. The molecule has 1 N–H and O–H groups in total. The minimum atomic E-state index is -0.165. The Kier molecular flexibility index (Phi) is 4.39. The molecule has 3 heteroatoms. The third-order valence-electron chi connectivity index (χ3n) is 2.86. The molecule has 0 fully saturated rings. The van der Waals surface area contributed by atoms with Gasteiger partial charge in [-0.05, 0) is 43.2 Å². The number of benzene rings is 2. The van der Waals surface area contributed by atoms with Crippen LogP contribution in [0.15, 0.2) is 42.5 Å². The number of ether oxygens (including phenoxy) is 1. The predicted octanol–water partition coefficient (Wildman–Crippen LogP) is 4.14. The number of nitrogens with one attached hydrogen (secondary N) is 1. The summed E-state index contributed by atoms with van der Waals surface area (Å²) < 4.78 is 18.6. The molecule has 2 rings (SSSR count). The predicted molar refractivity (Wildman–Crippen MR) is 76.1 cm³/mol. The lowest BCUT2D eigenvalue weighted by molar-refractivity contribution is 0.340. The average molecular weight is 259 g/mol. The fourth-order valence-corrected chi connectivity index (χ4v) is 1.88. The normalized spacial score (nSPS) is 10.3. The molecule has 0 heterocycles. The molecule has 2 aromatic rings. The van der Waals surface area contributed by atoms with Crippen molar-refractivity contribution in [2.24, 2.45) is 0 Å². The van der Waals surface area contributed by atoms with Crippen LogP contribution < -0.4 is 10.1 Å². The van der Waals surface area contributed by atoms with E-state index in [-0.39, 0.29) is 5.82 Å². The molecule has 0 saturated heterocycles. The van der Waals surface area contributed by atoms with Crippen LogP contribution in [-0.2, 0) is 6.54 Å². The van der Waals surface area contributed by atoms with Gasteiger partial charge in [-0.15, -0.1) is 0 Å². The first-order chi connectivity index (χ1) is 9.19. The Morgan fingerprint density at radius 1 is 1.16 bits per heavy atom. The van der Waals surface area contributed by atoms with Gasteiger partial charge >= 0.3 is 0 Å². The molecule has 19 heavy (non-hydrogen) atoms. The van der Waals surface area contributed by atoms with E-state index in [9.17, 15) is 4.39 Å². The standard InChI is InChI=1S/C16H18FNO/c1-3-19-15-6-4-5-14(10-15)18-11-13-7-8-16(17)12(2)9-13/h4-10,18H,3,11H2,1-2H3. The van der Waals surface area contributed by atoms with Crippen molar-refractivity contribution in [3.05, 3.63) is 59.4 Å². The maximum Gasteiger partial charge on any atom is 0.126 e. The third kappa shape index (κ3) is 3.71. The Labute approximate surface area is 113 Å². The van der Waals surface area contributed by atoms with Crippen LogP contribution >= 0.6 is 0 Å². The number of halogens is 1. The Bertz CT molecular complexity index is 554. The van der Waals surface area contributed by atoms with Crippen LogP contribution in [-0.4, -0.2) is 6.61 Å². The molecule has 0 saturated carbocycles. The highest BCUT2D eigenvalue weighted by Gasteiger charge is 2.00. The molecule has 2 aromatic carbocycles. The van der Waals surface area contributed by atoms with Crippen molar-refractivity contribution in [1.82, 2.24) is 0 Å². The van der Waals surface area contributed by atoms with Crippen LogP contribution in [0.1, 0.15) is 18.1 Å². The Balaban J connectivity index is 2.01. The summed E-state index contributed by atoms with van der Waals surface area (Å²) in [5, 5.41) is 3.30. The van der Waals surface area contributed by atoms with E-state index in [0.717, 1.165) is 17.0 Å². The fourth-order valence-electron chi connectivity index (χ4n) is 1.88. The van der Waals surface area contributed by atoms with Crippen molar-refractivity contribution < 1.29 is 9.13 Å². The van der Waals surface area contributed by atoms with Gasteiger partial charge in [-0.25, -0.2) is 4.39 Å². The smallest absolute Gasteiger partial charge is 0.126 e. The zero-order chi connectivity index (χ0) is 13.7. The molecule has 0 aliphatic carbocycles. The molecule has 0 aliphatic heterocycles. The Hall–Kier alpha value is -2.03. The van der Waals surface area contributed by atoms with Gasteiger partial charge in [-0.3, -0.25) is 0 Å². The van der Waals surface area contributed by atoms with Crippen molar-refractivity contribution in [2.75, 3.05) is 11.9 Å². The summed E-state index contributed by atoms with van der Waals surface area (Å²) in [6, 6.07) is 13.0. The molecule has 0 unspecified atom stereocenters. The Morgan fingerprint density at radius 2 is 2.00 bits per heavy atom. The van der Waals surface area contributed by atoms with Gasteiger partial charge in [0.15, 0.2) is 0 Å². The molecule has 0 atom stereocenters. The van der Waals surface area contributed by atoms with Crippen molar-refractivity contribution in [3.8, 4) is 5.75 Å². The van der Waals surface area contributed by atoms with E-state index in [0.29, 0.717) is 18.7 Å². The topological polar surface area (TPSA) is 21.3 Å². The number of anilines is 1. The van der Waals surface area contributed by atoms with Gasteiger partial charge in [0, 0.05) is 18.3 Å². The van der Waals surface area contributed by atoms with Gasteiger partial charge in [0.05, 0.1) is 6.61 Å². The first-order valence-corrected chi connectivity index (χ1v) is 6.41. The van der Waals surface area contributed by atoms with Gasteiger partial charge < -0.3 is 10.1 Å². The fraction of sp³-hybridized carbons (Fsp3) is 0.250. The molecule has 0 bridgehead atoms. The van der Waals surface area contributed by atoms with Crippen molar-refractivity contribution in [2.45, 2.75) is 20.4 Å². The van der Waals surface area contributed by atoms with Crippen LogP contribution in [0.2, 0.25) is 0 Å². The summed E-state index contributed by atoms with van der Waals surface area (Å²) in [6.07, 6.45) is 0. The van der Waals surface area contributed by atoms with E-state index < -0.39 is 0 Å². The number of hydrogen-bond acceptors (Lipinski definition) is 2. The second-order valence-corrected chi connectivity index (χ2v) is 4.40. The molecule has 0 spiro atoms. The number of rotatable bonds is 5. The van der Waals surface area contributed by atoms with Crippen LogP contribution in [0, 0.1) is 12.7 Å². The molecule has 0 aliphatic rings. The SMILES string of the molecule is CCOc1cccc(NCc2ccc(F)c(C)c2)c1. The molecular formula is C16H18FNO. The third-order valence-corrected chi connectivity index (χ3v) is 2.86. The highest BCUT2D eigenvalue weighted by atomic mass is 19.1. The number of hydrogen-bond donors (Lipinski definition) is 1. The molecule has 0 radical (unpaired) electrons. The van der Waals surface area contributed by atoms with E-state index in [4.69, 9.17) is 4.74 Å². The van der Waals surface area contributed by atoms with E-state index in [1.54, 1.807) is 13.0 Å². The summed E-state index contributed by atoms with van der Waals surface area (Å²) in [6.45, 7) is 5.05. The molecule has 2 nitrogen and oxygen atoms in total. The Morgan fingerprint density at radius 3 is 2.74 bits per heavy atom. The van der Waals surface area contributed by atoms with Gasteiger partial charge in [0.25, 0.3) is 0 Å². The summed E-state index contributed by atoms with van der Waals surface area (Å²) in [7, 11) is 0. The monoisotopic (exact) mass is 259 g/mol. The highest BCUT2D eigenvalue weighted by molar-refractivity contribution is 5.48.